The first-order valence-electron chi connectivity index (χ1n) is 6.82. The minimum Gasteiger partial charge on any atom is -0.293 e. The van der Waals surface area contributed by atoms with Gasteiger partial charge in [0.1, 0.15) is 5.82 Å². The number of hydrogen-bond donors (Lipinski definition) is 0. The predicted octanol–water partition coefficient (Wildman–Crippen LogP) is 4.42. The third kappa shape index (κ3) is 3.00. The smallest absolute Gasteiger partial charge is 0.178 e. The van der Waals surface area contributed by atoms with Gasteiger partial charge in [-0.05, 0) is 47.7 Å². The molecule has 3 rings (SSSR count). The number of pyridine rings is 1. The molecule has 0 aliphatic rings. The first-order valence-corrected chi connectivity index (χ1v) is 7.63. The fraction of sp³-hybridized carbons (Fsp3) is 0.176. The molecular formula is C17H14FNOS. The zero-order chi connectivity index (χ0) is 14.8. The Hall–Kier alpha value is -2.07. The molecule has 3 aromatic rings. The number of ketones is 1. The maximum absolute atomic E-state index is 13.2. The van der Waals surface area contributed by atoms with Gasteiger partial charge in [-0.15, -0.1) is 11.3 Å². The molecule has 0 unspecified atom stereocenters. The number of carbonyl (C=O) groups is 1. The lowest BCUT2D eigenvalue weighted by atomic mass is 10.1. The second kappa shape index (κ2) is 5.74. The second-order valence-electron chi connectivity index (χ2n) is 4.90. The van der Waals surface area contributed by atoms with Gasteiger partial charge in [0.15, 0.2) is 5.78 Å². The lowest BCUT2D eigenvalue weighted by Gasteiger charge is -2.00. The van der Waals surface area contributed by atoms with E-state index in [4.69, 9.17) is 0 Å². The summed E-state index contributed by atoms with van der Waals surface area (Å²) in [4.78, 5) is 17.3. The molecule has 0 amide bonds. The van der Waals surface area contributed by atoms with Crippen molar-refractivity contribution in [2.24, 2.45) is 0 Å². The first kappa shape index (κ1) is 13.9. The van der Waals surface area contributed by atoms with Crippen LogP contribution in [0, 0.1) is 5.82 Å². The van der Waals surface area contributed by atoms with Gasteiger partial charge in [0.2, 0.25) is 0 Å². The van der Waals surface area contributed by atoms with Gasteiger partial charge in [0.25, 0.3) is 0 Å². The zero-order valence-electron chi connectivity index (χ0n) is 11.6. The maximum atomic E-state index is 13.2. The normalized spacial score (nSPS) is 11.0. The molecule has 0 fully saturated rings. The lowest BCUT2D eigenvalue weighted by Crippen LogP contribution is -2.03. The van der Waals surface area contributed by atoms with E-state index in [0.29, 0.717) is 4.88 Å². The number of hydrogen-bond acceptors (Lipinski definition) is 3. The van der Waals surface area contributed by atoms with Crippen LogP contribution in [0.15, 0.2) is 42.6 Å². The Balaban J connectivity index is 1.82. The van der Waals surface area contributed by atoms with Gasteiger partial charge in [0, 0.05) is 16.6 Å². The highest BCUT2D eigenvalue weighted by Crippen LogP contribution is 2.27. The van der Waals surface area contributed by atoms with Crippen LogP contribution in [0.25, 0.3) is 10.1 Å². The summed E-state index contributed by atoms with van der Waals surface area (Å²) in [6, 6.07) is 10.2. The van der Waals surface area contributed by atoms with E-state index in [1.807, 2.05) is 18.3 Å². The summed E-state index contributed by atoms with van der Waals surface area (Å²) in [5, 5.41) is 0.776. The van der Waals surface area contributed by atoms with Crippen LogP contribution < -0.4 is 0 Å². The van der Waals surface area contributed by atoms with Crippen molar-refractivity contribution in [1.29, 1.82) is 0 Å². The lowest BCUT2D eigenvalue weighted by molar-refractivity contribution is 0.0996. The minimum absolute atomic E-state index is 0.0216. The molecule has 0 N–H and O–H groups in total. The average Bonchev–Trinajstić information content (AvgIpc) is 2.91. The highest BCUT2D eigenvalue weighted by molar-refractivity contribution is 7.20. The monoisotopic (exact) mass is 299 g/mol. The standard InChI is InChI=1S/C17H14FNOS/c1-2-11-3-5-14(19-10-11)9-15(20)17-8-12-7-13(18)4-6-16(12)21-17/h3-8,10H,2,9H2,1H3. The minimum atomic E-state index is -0.281. The van der Waals surface area contributed by atoms with E-state index in [9.17, 15) is 9.18 Å². The maximum Gasteiger partial charge on any atom is 0.178 e. The summed E-state index contributed by atoms with van der Waals surface area (Å²) < 4.78 is 14.1. The van der Waals surface area contributed by atoms with Crippen molar-refractivity contribution < 1.29 is 9.18 Å². The van der Waals surface area contributed by atoms with Crippen molar-refractivity contribution in [3.8, 4) is 0 Å². The van der Waals surface area contributed by atoms with Gasteiger partial charge >= 0.3 is 0 Å². The van der Waals surface area contributed by atoms with Crippen LogP contribution in [0.4, 0.5) is 4.39 Å². The Bertz CT molecular complexity index is 792. The SMILES string of the molecule is CCc1ccc(CC(=O)c2cc3cc(F)ccc3s2)nc1. The third-order valence-corrected chi connectivity index (χ3v) is 4.55. The van der Waals surface area contributed by atoms with E-state index in [-0.39, 0.29) is 18.0 Å². The summed E-state index contributed by atoms with van der Waals surface area (Å²) in [6.45, 7) is 2.07. The molecule has 2 aromatic heterocycles. The van der Waals surface area contributed by atoms with Gasteiger partial charge in [-0.25, -0.2) is 4.39 Å². The number of fused-ring (bicyclic) bond motifs is 1. The molecule has 0 spiro atoms. The number of aryl methyl sites for hydroxylation is 1. The van der Waals surface area contributed by atoms with Crippen LogP contribution in [0.2, 0.25) is 0 Å². The Morgan fingerprint density at radius 3 is 2.81 bits per heavy atom. The van der Waals surface area contributed by atoms with Crippen molar-refractivity contribution >= 4 is 27.2 Å². The molecule has 2 nitrogen and oxygen atoms in total. The molecular weight excluding hydrogens is 285 g/mol. The predicted molar refractivity (Wildman–Crippen MR) is 83.4 cm³/mol. The highest BCUT2D eigenvalue weighted by atomic mass is 32.1. The van der Waals surface area contributed by atoms with Crippen molar-refractivity contribution in [2.45, 2.75) is 19.8 Å². The van der Waals surface area contributed by atoms with Crippen LogP contribution in [0.3, 0.4) is 0 Å². The van der Waals surface area contributed by atoms with E-state index in [0.717, 1.165) is 27.8 Å². The Morgan fingerprint density at radius 1 is 1.24 bits per heavy atom. The number of benzene rings is 1. The topological polar surface area (TPSA) is 30.0 Å². The summed E-state index contributed by atoms with van der Waals surface area (Å²) in [5.41, 5.74) is 1.92. The molecule has 4 heteroatoms. The summed E-state index contributed by atoms with van der Waals surface area (Å²) in [6.07, 6.45) is 3.02. The van der Waals surface area contributed by atoms with Crippen LogP contribution in [-0.4, -0.2) is 10.8 Å². The number of carbonyl (C=O) groups excluding carboxylic acids is 1. The molecule has 0 aliphatic carbocycles. The van der Waals surface area contributed by atoms with Gasteiger partial charge in [-0.1, -0.05) is 13.0 Å². The van der Waals surface area contributed by atoms with Gasteiger partial charge in [0.05, 0.1) is 11.3 Å². The van der Waals surface area contributed by atoms with E-state index >= 15 is 0 Å². The second-order valence-corrected chi connectivity index (χ2v) is 5.99. The molecule has 1 aromatic carbocycles. The fourth-order valence-corrected chi connectivity index (χ4v) is 3.15. The molecule has 2 heterocycles. The number of thiophene rings is 1. The van der Waals surface area contributed by atoms with Gasteiger partial charge in [-0.3, -0.25) is 9.78 Å². The van der Waals surface area contributed by atoms with Crippen molar-refractivity contribution in [1.82, 2.24) is 4.98 Å². The number of halogens is 1. The van der Waals surface area contributed by atoms with Gasteiger partial charge < -0.3 is 0 Å². The molecule has 21 heavy (non-hydrogen) atoms. The van der Waals surface area contributed by atoms with Crippen molar-refractivity contribution in [3.05, 3.63) is 64.5 Å². The molecule has 0 saturated carbocycles. The van der Waals surface area contributed by atoms with Gasteiger partial charge in [-0.2, -0.15) is 0 Å². The van der Waals surface area contributed by atoms with E-state index in [1.54, 1.807) is 12.1 Å². The molecule has 106 valence electrons. The van der Waals surface area contributed by atoms with Crippen LogP contribution >= 0.6 is 11.3 Å². The van der Waals surface area contributed by atoms with Crippen molar-refractivity contribution in [2.75, 3.05) is 0 Å². The zero-order valence-corrected chi connectivity index (χ0v) is 12.4. The largest absolute Gasteiger partial charge is 0.293 e. The van der Waals surface area contributed by atoms with Crippen LogP contribution in [0.5, 0.6) is 0 Å². The summed E-state index contributed by atoms with van der Waals surface area (Å²) >= 11 is 1.40. The van der Waals surface area contributed by atoms with E-state index in [2.05, 4.69) is 11.9 Å². The van der Waals surface area contributed by atoms with Crippen LogP contribution in [-0.2, 0) is 12.8 Å². The highest BCUT2D eigenvalue weighted by Gasteiger charge is 2.12. The average molecular weight is 299 g/mol. The quantitative estimate of drug-likeness (QED) is 0.667. The fourth-order valence-electron chi connectivity index (χ4n) is 2.17. The molecule has 0 bridgehead atoms. The van der Waals surface area contributed by atoms with E-state index < -0.39 is 0 Å². The molecule has 0 saturated heterocycles. The molecule has 0 radical (unpaired) electrons. The summed E-state index contributed by atoms with van der Waals surface area (Å²) in [5.74, 6) is -0.260. The molecule has 0 atom stereocenters. The van der Waals surface area contributed by atoms with E-state index in [1.165, 1.54) is 23.5 Å². The molecule has 0 aliphatic heterocycles. The number of aromatic nitrogens is 1. The number of nitrogens with zero attached hydrogens (tertiary/aromatic N) is 1. The summed E-state index contributed by atoms with van der Waals surface area (Å²) in [7, 11) is 0. The van der Waals surface area contributed by atoms with Crippen molar-refractivity contribution in [3.63, 3.8) is 0 Å². The third-order valence-electron chi connectivity index (χ3n) is 3.39. The first-order chi connectivity index (χ1) is 10.2. The van der Waals surface area contributed by atoms with Crippen LogP contribution in [0.1, 0.15) is 27.9 Å². The number of rotatable bonds is 4. The Kier molecular flexibility index (Phi) is 3.80. The Morgan fingerprint density at radius 2 is 2.10 bits per heavy atom. The number of Topliss-reactive ketones (excluding diaryl/α,β-unsaturated/α-hetero) is 1. The Labute approximate surface area is 126 Å².